The zero-order chi connectivity index (χ0) is 26.6. The average molecular weight is 514 g/mol. The van der Waals surface area contributed by atoms with Gasteiger partial charge in [-0.2, -0.15) is 0 Å². The molecule has 0 bridgehead atoms. The molecule has 192 valence electrons. The zero-order valence-electron chi connectivity index (χ0n) is 20.8. The molecule has 10 nitrogen and oxygen atoms in total. The van der Waals surface area contributed by atoms with E-state index < -0.39 is 18.0 Å². The van der Waals surface area contributed by atoms with Gasteiger partial charge in [0.2, 0.25) is 0 Å². The number of amides is 1. The van der Waals surface area contributed by atoms with E-state index in [-0.39, 0.29) is 5.56 Å². The van der Waals surface area contributed by atoms with Crippen molar-refractivity contribution >= 4 is 28.6 Å². The number of carbonyl (C=O) groups is 2. The van der Waals surface area contributed by atoms with Crippen LogP contribution >= 0.6 is 0 Å². The van der Waals surface area contributed by atoms with Gasteiger partial charge in [0.05, 0.1) is 43.3 Å². The summed E-state index contributed by atoms with van der Waals surface area (Å²) >= 11 is 0. The van der Waals surface area contributed by atoms with Crippen LogP contribution in [0.3, 0.4) is 0 Å². The number of anilines is 1. The fourth-order valence-electron chi connectivity index (χ4n) is 3.76. The maximum atomic E-state index is 12.9. The Morgan fingerprint density at radius 1 is 0.816 bits per heavy atom. The number of ether oxygens (including phenoxy) is 3. The van der Waals surface area contributed by atoms with Crippen molar-refractivity contribution in [1.29, 1.82) is 0 Å². The topological polar surface area (TPSA) is 126 Å². The fourth-order valence-corrected chi connectivity index (χ4v) is 3.76. The van der Waals surface area contributed by atoms with Crippen molar-refractivity contribution in [3.8, 4) is 34.4 Å². The predicted molar refractivity (Wildman–Crippen MR) is 138 cm³/mol. The number of nitrogens with one attached hydrogen (secondary N) is 1. The molecule has 0 aliphatic heterocycles. The molecule has 1 atom stereocenters. The van der Waals surface area contributed by atoms with Crippen LogP contribution < -0.4 is 14.8 Å². The second-order valence-electron chi connectivity index (χ2n) is 8.22. The molecule has 10 heteroatoms. The minimum Gasteiger partial charge on any atom is -0.497 e. The molecule has 0 fully saturated rings. The Hall–Kier alpha value is -5.12. The van der Waals surface area contributed by atoms with E-state index in [2.05, 4.69) is 10.3 Å². The molecule has 0 saturated carbocycles. The highest BCUT2D eigenvalue weighted by molar-refractivity contribution is 5.99. The molecule has 1 unspecified atom stereocenters. The first kappa shape index (κ1) is 24.6. The standard InChI is InChI=1S/C28H23N3O7/c1-16(27(32)29-18-13-19(34-2)15-20(14-18)35-3)38-28(33)17-8-9-21-22(12-17)31-26(24-7-5-11-37-24)25(30-21)23-6-4-10-36-23/h4-16H,1-3H3,(H,29,32). The summed E-state index contributed by atoms with van der Waals surface area (Å²) in [4.78, 5) is 35.0. The third kappa shape index (κ3) is 5.05. The molecule has 38 heavy (non-hydrogen) atoms. The third-order valence-electron chi connectivity index (χ3n) is 5.68. The van der Waals surface area contributed by atoms with Crippen LogP contribution in [0.5, 0.6) is 11.5 Å². The first-order valence-electron chi connectivity index (χ1n) is 11.6. The van der Waals surface area contributed by atoms with Crippen molar-refractivity contribution in [1.82, 2.24) is 9.97 Å². The maximum absolute atomic E-state index is 12.9. The van der Waals surface area contributed by atoms with Gasteiger partial charge in [-0.3, -0.25) is 4.79 Å². The number of hydrogen-bond donors (Lipinski definition) is 1. The van der Waals surface area contributed by atoms with Gasteiger partial charge in [0.15, 0.2) is 17.6 Å². The van der Waals surface area contributed by atoms with Gasteiger partial charge in [-0.05, 0) is 49.4 Å². The number of nitrogens with zero attached hydrogens (tertiary/aromatic N) is 2. The second kappa shape index (κ2) is 10.5. The van der Waals surface area contributed by atoms with Crippen LogP contribution in [0.2, 0.25) is 0 Å². The summed E-state index contributed by atoms with van der Waals surface area (Å²) in [6.07, 6.45) is 2.00. The molecule has 3 heterocycles. The summed E-state index contributed by atoms with van der Waals surface area (Å²) in [6, 6.07) is 16.8. The maximum Gasteiger partial charge on any atom is 0.338 e. The van der Waals surface area contributed by atoms with E-state index in [4.69, 9.17) is 28.0 Å². The average Bonchev–Trinajstić information content (AvgIpc) is 3.66. The van der Waals surface area contributed by atoms with E-state index in [1.165, 1.54) is 27.4 Å². The Labute approximate surface area is 217 Å². The second-order valence-corrected chi connectivity index (χ2v) is 8.22. The minimum absolute atomic E-state index is 0.214. The minimum atomic E-state index is -1.08. The van der Waals surface area contributed by atoms with Crippen molar-refractivity contribution in [3.63, 3.8) is 0 Å². The quantitative estimate of drug-likeness (QED) is 0.273. The number of carbonyl (C=O) groups excluding carboxylic acids is 2. The van der Waals surface area contributed by atoms with Crippen molar-refractivity contribution < 1.29 is 32.6 Å². The number of esters is 1. The Morgan fingerprint density at radius 3 is 1.97 bits per heavy atom. The van der Waals surface area contributed by atoms with Gasteiger partial charge < -0.3 is 28.4 Å². The lowest BCUT2D eigenvalue weighted by Gasteiger charge is -2.15. The van der Waals surface area contributed by atoms with Gasteiger partial charge in [0, 0.05) is 23.9 Å². The van der Waals surface area contributed by atoms with Crippen LogP contribution in [-0.2, 0) is 9.53 Å². The SMILES string of the molecule is COc1cc(NC(=O)C(C)OC(=O)c2ccc3nc(-c4ccco4)c(-c4ccco4)nc3c2)cc(OC)c1. The molecular formula is C28H23N3O7. The van der Waals surface area contributed by atoms with E-state index in [0.29, 0.717) is 51.1 Å². The molecule has 2 aromatic carbocycles. The lowest BCUT2D eigenvalue weighted by molar-refractivity contribution is -0.123. The number of aromatic nitrogens is 2. The molecular weight excluding hydrogens is 490 g/mol. The highest BCUT2D eigenvalue weighted by Crippen LogP contribution is 2.32. The van der Waals surface area contributed by atoms with E-state index in [1.54, 1.807) is 66.9 Å². The molecule has 5 aromatic rings. The summed E-state index contributed by atoms with van der Waals surface area (Å²) in [7, 11) is 3.02. The number of benzene rings is 2. The van der Waals surface area contributed by atoms with Gasteiger partial charge in [0.25, 0.3) is 5.91 Å². The lowest BCUT2D eigenvalue weighted by Crippen LogP contribution is -2.30. The highest BCUT2D eigenvalue weighted by Gasteiger charge is 2.22. The van der Waals surface area contributed by atoms with Crippen LogP contribution in [0.4, 0.5) is 5.69 Å². The Kier molecular flexibility index (Phi) is 6.77. The van der Waals surface area contributed by atoms with Crippen molar-refractivity contribution in [3.05, 3.63) is 78.8 Å². The fraction of sp³-hybridized carbons (Fsp3) is 0.143. The number of rotatable bonds is 8. The normalized spacial score (nSPS) is 11.7. The van der Waals surface area contributed by atoms with Crippen molar-refractivity contribution in [2.75, 3.05) is 19.5 Å². The summed E-state index contributed by atoms with van der Waals surface area (Å²) in [5, 5.41) is 2.70. The number of hydrogen-bond acceptors (Lipinski definition) is 9. The Balaban J connectivity index is 1.37. The summed E-state index contributed by atoms with van der Waals surface area (Å²) in [6.45, 7) is 1.48. The van der Waals surface area contributed by atoms with Crippen LogP contribution in [-0.4, -0.2) is 42.2 Å². The third-order valence-corrected chi connectivity index (χ3v) is 5.68. The van der Waals surface area contributed by atoms with Gasteiger partial charge in [-0.15, -0.1) is 0 Å². The number of methoxy groups -OCH3 is 2. The number of fused-ring (bicyclic) bond motifs is 1. The molecule has 5 rings (SSSR count). The molecule has 3 aromatic heterocycles. The number of furan rings is 2. The highest BCUT2D eigenvalue weighted by atomic mass is 16.5. The lowest BCUT2D eigenvalue weighted by atomic mass is 10.1. The molecule has 0 spiro atoms. The molecule has 0 aliphatic carbocycles. The first-order chi connectivity index (χ1) is 18.4. The van der Waals surface area contributed by atoms with Crippen molar-refractivity contribution in [2.45, 2.75) is 13.0 Å². The monoisotopic (exact) mass is 513 g/mol. The Morgan fingerprint density at radius 2 is 1.42 bits per heavy atom. The van der Waals surface area contributed by atoms with Gasteiger partial charge in [0.1, 0.15) is 22.9 Å². The Bertz CT molecular complexity index is 1570. The van der Waals surface area contributed by atoms with Crippen molar-refractivity contribution in [2.24, 2.45) is 0 Å². The van der Waals surface area contributed by atoms with E-state index >= 15 is 0 Å². The van der Waals surface area contributed by atoms with E-state index in [1.807, 2.05) is 0 Å². The van der Waals surface area contributed by atoms with Gasteiger partial charge in [-0.1, -0.05) is 0 Å². The summed E-state index contributed by atoms with van der Waals surface area (Å²) < 4.78 is 26.9. The van der Waals surface area contributed by atoms with Crippen LogP contribution in [0.1, 0.15) is 17.3 Å². The van der Waals surface area contributed by atoms with Gasteiger partial charge >= 0.3 is 5.97 Å². The summed E-state index contributed by atoms with van der Waals surface area (Å²) in [5.41, 5.74) is 2.61. The van der Waals surface area contributed by atoms with Crippen LogP contribution in [0, 0.1) is 0 Å². The molecule has 1 amide bonds. The first-order valence-corrected chi connectivity index (χ1v) is 11.6. The largest absolute Gasteiger partial charge is 0.497 e. The molecule has 0 radical (unpaired) electrons. The van der Waals surface area contributed by atoms with Gasteiger partial charge in [-0.25, -0.2) is 14.8 Å². The molecule has 0 aliphatic rings. The molecule has 1 N–H and O–H groups in total. The summed E-state index contributed by atoms with van der Waals surface area (Å²) in [5.74, 6) is 0.837. The zero-order valence-corrected chi connectivity index (χ0v) is 20.8. The van der Waals surface area contributed by atoms with E-state index in [9.17, 15) is 9.59 Å². The van der Waals surface area contributed by atoms with Crippen LogP contribution in [0.15, 0.2) is 82.0 Å². The van der Waals surface area contributed by atoms with E-state index in [0.717, 1.165) is 0 Å². The predicted octanol–water partition coefficient (Wildman–Crippen LogP) is 5.35. The van der Waals surface area contributed by atoms with Crippen LogP contribution in [0.25, 0.3) is 33.9 Å². The smallest absolute Gasteiger partial charge is 0.338 e. The molecule has 0 saturated heterocycles.